The zero-order valence-electron chi connectivity index (χ0n) is 13.4. The summed E-state index contributed by atoms with van der Waals surface area (Å²) in [5, 5.41) is 0. The van der Waals surface area contributed by atoms with Crippen LogP contribution in [0, 0.1) is 13.8 Å². The van der Waals surface area contributed by atoms with Crippen LogP contribution in [0.15, 0.2) is 36.4 Å². The average molecular weight is 362 g/mol. The van der Waals surface area contributed by atoms with Crippen LogP contribution in [0.25, 0.3) is 0 Å². The molecule has 0 amide bonds. The van der Waals surface area contributed by atoms with Gasteiger partial charge in [0.25, 0.3) is 0 Å². The lowest BCUT2D eigenvalue weighted by Gasteiger charge is -2.38. The zero-order chi connectivity index (χ0) is 19.2. The highest BCUT2D eigenvalue weighted by molar-refractivity contribution is 5.57. The molecule has 0 aromatic heterocycles. The first kappa shape index (κ1) is 19.0. The van der Waals surface area contributed by atoms with Crippen LogP contribution >= 0.6 is 0 Å². The predicted octanol–water partition coefficient (Wildman–Crippen LogP) is 4.88. The summed E-state index contributed by atoms with van der Waals surface area (Å²) in [5.41, 5.74) is 5.36. The number of benzene rings is 2. The van der Waals surface area contributed by atoms with E-state index >= 15 is 0 Å². The number of nitrogen functional groups attached to an aromatic ring is 2. The molecule has 2 aromatic carbocycles. The van der Waals surface area contributed by atoms with Gasteiger partial charge >= 0.3 is 12.4 Å². The Morgan fingerprint density at radius 1 is 0.640 bits per heavy atom. The van der Waals surface area contributed by atoms with Crippen LogP contribution < -0.4 is 11.5 Å². The fourth-order valence-electron chi connectivity index (χ4n) is 2.73. The number of alkyl halides is 6. The molecule has 0 aliphatic carbocycles. The molecule has 2 nitrogen and oxygen atoms in total. The maximum Gasteiger partial charge on any atom is 0.411 e. The third-order valence-corrected chi connectivity index (χ3v) is 4.27. The van der Waals surface area contributed by atoms with Crippen molar-refractivity contribution in [1.29, 1.82) is 0 Å². The summed E-state index contributed by atoms with van der Waals surface area (Å²) >= 11 is 0. The number of nitrogens with two attached hydrogens (primary N) is 2. The number of hydrogen-bond donors (Lipinski definition) is 2. The van der Waals surface area contributed by atoms with Crippen molar-refractivity contribution in [3.05, 3.63) is 58.7 Å². The molecule has 4 N–H and O–H groups in total. The molecule has 0 unspecified atom stereocenters. The molecule has 2 rings (SSSR count). The third-order valence-electron chi connectivity index (χ3n) is 4.27. The zero-order valence-corrected chi connectivity index (χ0v) is 13.4. The van der Waals surface area contributed by atoms with Gasteiger partial charge in [-0.3, -0.25) is 0 Å². The lowest BCUT2D eigenvalue weighted by Crippen LogP contribution is -2.54. The first-order chi connectivity index (χ1) is 11.3. The summed E-state index contributed by atoms with van der Waals surface area (Å²) in [6, 6.07) is 5.28. The van der Waals surface area contributed by atoms with E-state index < -0.39 is 28.9 Å². The van der Waals surface area contributed by atoms with E-state index in [-0.39, 0.29) is 11.4 Å². The Bertz CT molecular complexity index is 725. The van der Waals surface area contributed by atoms with Crippen LogP contribution in [0.5, 0.6) is 0 Å². The quantitative estimate of drug-likeness (QED) is 0.591. The summed E-state index contributed by atoms with van der Waals surface area (Å²) in [6.45, 7) is 2.98. The number of anilines is 2. The van der Waals surface area contributed by atoms with Crippen molar-refractivity contribution in [3.8, 4) is 0 Å². The maximum absolute atomic E-state index is 13.9. The minimum Gasteiger partial charge on any atom is -0.399 e. The normalized spacial score (nSPS) is 13.1. The van der Waals surface area contributed by atoms with Gasteiger partial charge in [-0.2, -0.15) is 26.3 Å². The van der Waals surface area contributed by atoms with Gasteiger partial charge in [0.05, 0.1) is 0 Å². The second kappa shape index (κ2) is 5.86. The lowest BCUT2D eigenvalue weighted by molar-refractivity contribution is -0.288. The van der Waals surface area contributed by atoms with E-state index in [9.17, 15) is 26.3 Å². The van der Waals surface area contributed by atoms with Crippen LogP contribution in [0.1, 0.15) is 22.3 Å². The van der Waals surface area contributed by atoms with Gasteiger partial charge in [-0.1, -0.05) is 24.3 Å². The highest BCUT2D eigenvalue weighted by Gasteiger charge is 2.72. The predicted molar refractivity (Wildman–Crippen MR) is 84.1 cm³/mol. The van der Waals surface area contributed by atoms with E-state index in [1.54, 1.807) is 0 Å². The van der Waals surface area contributed by atoms with E-state index in [1.807, 2.05) is 0 Å². The molecule has 0 atom stereocenters. The SMILES string of the molecule is Cc1ccc(C(c2ccc(C)c(N)c2)(C(F)(F)F)C(F)(F)F)cc1N. The molecular weight excluding hydrogens is 346 g/mol. The molecule has 0 saturated heterocycles. The first-order valence-electron chi connectivity index (χ1n) is 7.19. The van der Waals surface area contributed by atoms with Crippen LogP contribution in [0.3, 0.4) is 0 Å². The highest BCUT2D eigenvalue weighted by Crippen LogP contribution is 2.56. The van der Waals surface area contributed by atoms with Crippen molar-refractivity contribution in [2.75, 3.05) is 11.5 Å². The maximum atomic E-state index is 13.9. The van der Waals surface area contributed by atoms with Crippen LogP contribution in [0.4, 0.5) is 37.7 Å². The summed E-state index contributed by atoms with van der Waals surface area (Å²) in [5.74, 6) is 0. The Hall–Kier alpha value is -2.38. The van der Waals surface area contributed by atoms with Crippen molar-refractivity contribution < 1.29 is 26.3 Å². The molecule has 2 aromatic rings. The first-order valence-corrected chi connectivity index (χ1v) is 7.19. The van der Waals surface area contributed by atoms with E-state index in [4.69, 9.17) is 11.5 Å². The average Bonchev–Trinajstić information content (AvgIpc) is 2.44. The number of aryl methyl sites for hydroxylation is 2. The van der Waals surface area contributed by atoms with Gasteiger partial charge in [0.1, 0.15) is 0 Å². The second-order valence-corrected chi connectivity index (χ2v) is 5.89. The lowest BCUT2D eigenvalue weighted by atomic mass is 9.72. The van der Waals surface area contributed by atoms with Gasteiger partial charge in [0.2, 0.25) is 5.41 Å². The molecular formula is C17H16F6N2. The molecule has 0 bridgehead atoms. The Labute approximate surface area is 140 Å². The molecule has 0 heterocycles. The van der Waals surface area contributed by atoms with Crippen molar-refractivity contribution in [3.63, 3.8) is 0 Å². The summed E-state index contributed by atoms with van der Waals surface area (Å²) in [7, 11) is 0. The monoisotopic (exact) mass is 362 g/mol. The van der Waals surface area contributed by atoms with E-state index in [1.165, 1.54) is 13.8 Å². The molecule has 25 heavy (non-hydrogen) atoms. The fourth-order valence-corrected chi connectivity index (χ4v) is 2.73. The minimum absolute atomic E-state index is 0.157. The number of hydrogen-bond acceptors (Lipinski definition) is 2. The molecule has 0 aliphatic heterocycles. The standard InChI is InChI=1S/C17H16F6N2/c1-9-3-5-11(7-13(9)24)15(16(18,19)20,17(21,22)23)12-6-4-10(2)14(25)8-12/h3-8H,24-25H2,1-2H3. The van der Waals surface area contributed by atoms with Crippen molar-refractivity contribution in [2.45, 2.75) is 31.6 Å². The molecule has 0 fully saturated rings. The summed E-state index contributed by atoms with van der Waals surface area (Å²) in [4.78, 5) is 0. The summed E-state index contributed by atoms with van der Waals surface area (Å²) in [6.07, 6.45) is -11.3. The van der Waals surface area contributed by atoms with Crippen molar-refractivity contribution >= 4 is 11.4 Å². The molecule has 0 aliphatic rings. The van der Waals surface area contributed by atoms with Gasteiger partial charge in [0.15, 0.2) is 0 Å². The van der Waals surface area contributed by atoms with Crippen molar-refractivity contribution in [1.82, 2.24) is 0 Å². The van der Waals surface area contributed by atoms with Crippen LogP contribution in [0.2, 0.25) is 0 Å². The Kier molecular flexibility index (Phi) is 4.44. The molecule has 0 radical (unpaired) electrons. The van der Waals surface area contributed by atoms with Gasteiger partial charge in [0, 0.05) is 11.4 Å². The largest absolute Gasteiger partial charge is 0.411 e. The van der Waals surface area contributed by atoms with E-state index in [0.717, 1.165) is 24.3 Å². The van der Waals surface area contributed by atoms with Crippen LogP contribution in [-0.2, 0) is 5.41 Å². The Balaban J connectivity index is 2.96. The molecule has 136 valence electrons. The number of rotatable bonds is 2. The second-order valence-electron chi connectivity index (χ2n) is 5.89. The Morgan fingerprint density at radius 2 is 0.960 bits per heavy atom. The van der Waals surface area contributed by atoms with Gasteiger partial charge in [-0.15, -0.1) is 0 Å². The molecule has 0 saturated carbocycles. The minimum atomic E-state index is -5.66. The highest BCUT2D eigenvalue weighted by atomic mass is 19.4. The molecule has 0 spiro atoms. The van der Waals surface area contributed by atoms with Gasteiger partial charge in [-0.25, -0.2) is 0 Å². The van der Waals surface area contributed by atoms with Gasteiger partial charge in [-0.05, 0) is 48.2 Å². The van der Waals surface area contributed by atoms with Gasteiger partial charge < -0.3 is 11.5 Å². The van der Waals surface area contributed by atoms with Crippen molar-refractivity contribution in [2.24, 2.45) is 0 Å². The van der Waals surface area contributed by atoms with E-state index in [2.05, 4.69) is 0 Å². The summed E-state index contributed by atoms with van der Waals surface area (Å²) < 4.78 is 83.4. The third kappa shape index (κ3) is 2.89. The molecule has 8 heteroatoms. The van der Waals surface area contributed by atoms with E-state index in [0.29, 0.717) is 23.3 Å². The Morgan fingerprint density at radius 3 is 1.20 bits per heavy atom. The smallest absolute Gasteiger partial charge is 0.399 e. The number of halogens is 6. The van der Waals surface area contributed by atoms with Crippen LogP contribution in [-0.4, -0.2) is 12.4 Å². The fraction of sp³-hybridized carbons (Fsp3) is 0.294. The topological polar surface area (TPSA) is 52.0 Å².